The average molecular weight is 392 g/mol. The molecule has 0 saturated carbocycles. The molecule has 0 spiro atoms. The summed E-state index contributed by atoms with van der Waals surface area (Å²) in [7, 11) is 0. The van der Waals surface area contributed by atoms with Gasteiger partial charge in [0.1, 0.15) is 5.82 Å². The van der Waals surface area contributed by atoms with Crippen molar-refractivity contribution in [3.63, 3.8) is 0 Å². The van der Waals surface area contributed by atoms with E-state index in [0.717, 1.165) is 6.07 Å². The molecule has 0 aliphatic carbocycles. The Balaban J connectivity index is 1.65. The summed E-state index contributed by atoms with van der Waals surface area (Å²) in [6.45, 7) is 1.26. The van der Waals surface area contributed by atoms with Gasteiger partial charge in [-0.25, -0.2) is 4.39 Å². The van der Waals surface area contributed by atoms with E-state index in [1.807, 2.05) is 0 Å². The Kier molecular flexibility index (Phi) is 5.36. The van der Waals surface area contributed by atoms with Gasteiger partial charge in [0, 0.05) is 43.9 Å². The van der Waals surface area contributed by atoms with Crippen molar-refractivity contribution in [1.29, 1.82) is 0 Å². The molecular weight excluding hydrogens is 377 g/mol. The monoisotopic (exact) mass is 391 g/mol. The Morgan fingerprint density at radius 1 is 0.963 bits per heavy atom. The molecule has 1 aliphatic heterocycles. The number of non-ortho nitro benzene ring substituents is 1. The lowest BCUT2D eigenvalue weighted by Gasteiger charge is -2.35. The van der Waals surface area contributed by atoms with E-state index >= 15 is 0 Å². The number of amides is 2. The van der Waals surface area contributed by atoms with Crippen LogP contribution < -0.4 is 0 Å². The zero-order chi connectivity index (χ0) is 19.6. The molecule has 27 heavy (non-hydrogen) atoms. The lowest BCUT2D eigenvalue weighted by Crippen LogP contribution is -2.50. The highest BCUT2D eigenvalue weighted by molar-refractivity contribution is 6.34. The molecule has 0 unspecified atom stereocenters. The minimum Gasteiger partial charge on any atom is -0.335 e. The zero-order valence-electron chi connectivity index (χ0n) is 14.1. The summed E-state index contributed by atoms with van der Waals surface area (Å²) in [5.74, 6) is -0.985. The second-order valence-electron chi connectivity index (χ2n) is 6.01. The van der Waals surface area contributed by atoms with Gasteiger partial charge in [0.25, 0.3) is 17.5 Å². The first-order valence-corrected chi connectivity index (χ1v) is 8.52. The van der Waals surface area contributed by atoms with Gasteiger partial charge in [-0.05, 0) is 30.3 Å². The highest BCUT2D eigenvalue weighted by atomic mass is 35.5. The van der Waals surface area contributed by atoms with Gasteiger partial charge in [0.2, 0.25) is 0 Å². The maximum absolute atomic E-state index is 13.0. The van der Waals surface area contributed by atoms with Crippen LogP contribution in [0, 0.1) is 15.9 Å². The Hall–Kier alpha value is -3.00. The number of halogens is 2. The van der Waals surface area contributed by atoms with Crippen LogP contribution >= 0.6 is 11.6 Å². The van der Waals surface area contributed by atoms with Crippen molar-refractivity contribution in [2.24, 2.45) is 0 Å². The van der Waals surface area contributed by atoms with E-state index in [-0.39, 0.29) is 28.1 Å². The Labute approximate surface area is 159 Å². The van der Waals surface area contributed by atoms with Crippen LogP contribution in [0.1, 0.15) is 20.7 Å². The zero-order valence-corrected chi connectivity index (χ0v) is 14.9. The number of rotatable bonds is 3. The lowest BCUT2D eigenvalue weighted by atomic mass is 10.1. The summed E-state index contributed by atoms with van der Waals surface area (Å²) in [5, 5.41) is 10.8. The minimum atomic E-state index is -0.583. The van der Waals surface area contributed by atoms with Gasteiger partial charge < -0.3 is 9.80 Å². The van der Waals surface area contributed by atoms with Crippen LogP contribution in [0.5, 0.6) is 0 Å². The van der Waals surface area contributed by atoms with Crippen molar-refractivity contribution < 1.29 is 18.9 Å². The molecule has 2 aromatic carbocycles. The van der Waals surface area contributed by atoms with Crippen molar-refractivity contribution in [2.45, 2.75) is 0 Å². The molecule has 2 aromatic rings. The van der Waals surface area contributed by atoms with Gasteiger partial charge in [0.05, 0.1) is 15.5 Å². The fraction of sp³-hybridized carbons (Fsp3) is 0.222. The number of nitro groups is 1. The first kappa shape index (κ1) is 18.8. The molecule has 1 saturated heterocycles. The molecule has 1 fully saturated rings. The second-order valence-corrected chi connectivity index (χ2v) is 6.42. The quantitative estimate of drug-likeness (QED) is 0.594. The van der Waals surface area contributed by atoms with Gasteiger partial charge in [0.15, 0.2) is 0 Å². The van der Waals surface area contributed by atoms with Gasteiger partial charge in [-0.15, -0.1) is 0 Å². The van der Waals surface area contributed by atoms with E-state index in [4.69, 9.17) is 11.6 Å². The van der Waals surface area contributed by atoms with E-state index in [0.29, 0.717) is 31.7 Å². The summed E-state index contributed by atoms with van der Waals surface area (Å²) in [5.41, 5.74) is 0.376. The van der Waals surface area contributed by atoms with Crippen LogP contribution in [0.15, 0.2) is 42.5 Å². The molecule has 2 amide bonds. The van der Waals surface area contributed by atoms with Gasteiger partial charge in [-0.2, -0.15) is 0 Å². The topological polar surface area (TPSA) is 83.8 Å². The highest BCUT2D eigenvalue weighted by Crippen LogP contribution is 2.24. The molecule has 9 heteroatoms. The summed E-state index contributed by atoms with van der Waals surface area (Å²) in [6.07, 6.45) is 0. The molecule has 0 N–H and O–H groups in total. The molecule has 0 bridgehead atoms. The first-order chi connectivity index (χ1) is 12.9. The number of carbonyl (C=O) groups is 2. The Bertz CT molecular complexity index is 896. The summed E-state index contributed by atoms with van der Waals surface area (Å²) in [6, 6.07) is 9.00. The predicted molar refractivity (Wildman–Crippen MR) is 96.3 cm³/mol. The SMILES string of the molecule is O=C(c1ccc(F)cc1)N1CCN(C(=O)c2ccc([N+](=O)[O-])cc2Cl)CC1. The van der Waals surface area contributed by atoms with Gasteiger partial charge >= 0.3 is 0 Å². The molecule has 0 atom stereocenters. The predicted octanol–water partition coefficient (Wildman–Crippen LogP) is 2.99. The molecule has 7 nitrogen and oxygen atoms in total. The Morgan fingerprint density at radius 3 is 2.04 bits per heavy atom. The normalized spacial score (nSPS) is 14.1. The molecule has 0 radical (unpaired) electrons. The number of hydrogen-bond donors (Lipinski definition) is 0. The second kappa shape index (κ2) is 7.71. The number of nitro benzene ring substituents is 1. The summed E-state index contributed by atoms with van der Waals surface area (Å²) >= 11 is 6.01. The van der Waals surface area contributed by atoms with Crippen LogP contribution in [0.25, 0.3) is 0 Å². The largest absolute Gasteiger partial charge is 0.335 e. The average Bonchev–Trinajstić information content (AvgIpc) is 2.67. The van der Waals surface area contributed by atoms with Crippen LogP contribution in [0.3, 0.4) is 0 Å². The third-order valence-electron chi connectivity index (χ3n) is 4.34. The maximum Gasteiger partial charge on any atom is 0.270 e. The van der Waals surface area contributed by atoms with Crippen LogP contribution in [-0.2, 0) is 0 Å². The third-order valence-corrected chi connectivity index (χ3v) is 4.65. The van der Waals surface area contributed by atoms with Crippen molar-refractivity contribution in [3.8, 4) is 0 Å². The van der Waals surface area contributed by atoms with Crippen molar-refractivity contribution in [2.75, 3.05) is 26.2 Å². The minimum absolute atomic E-state index is 0.0130. The van der Waals surface area contributed by atoms with Crippen molar-refractivity contribution in [3.05, 3.63) is 74.5 Å². The summed E-state index contributed by atoms with van der Waals surface area (Å²) < 4.78 is 13.0. The van der Waals surface area contributed by atoms with Crippen molar-refractivity contribution in [1.82, 2.24) is 9.80 Å². The molecule has 140 valence electrons. The molecule has 0 aromatic heterocycles. The number of benzene rings is 2. The lowest BCUT2D eigenvalue weighted by molar-refractivity contribution is -0.384. The molecule has 1 heterocycles. The van der Waals surface area contributed by atoms with E-state index < -0.39 is 10.7 Å². The van der Waals surface area contributed by atoms with Crippen LogP contribution in [-0.4, -0.2) is 52.7 Å². The van der Waals surface area contributed by atoms with Gasteiger partial charge in [-0.1, -0.05) is 11.6 Å². The van der Waals surface area contributed by atoms with E-state index in [9.17, 15) is 24.1 Å². The number of piperazine rings is 1. The fourth-order valence-corrected chi connectivity index (χ4v) is 3.10. The first-order valence-electron chi connectivity index (χ1n) is 8.15. The smallest absolute Gasteiger partial charge is 0.270 e. The third kappa shape index (κ3) is 4.06. The maximum atomic E-state index is 13.0. The molecular formula is C18H15ClFN3O4. The molecule has 1 aliphatic rings. The molecule has 3 rings (SSSR count). The van der Waals surface area contributed by atoms with Gasteiger partial charge in [-0.3, -0.25) is 19.7 Å². The standard InChI is InChI=1S/C18H15ClFN3O4/c19-16-11-14(23(26)27)5-6-15(16)18(25)22-9-7-21(8-10-22)17(24)12-1-3-13(20)4-2-12/h1-6,11H,7-10H2. The number of hydrogen-bond acceptors (Lipinski definition) is 4. The van der Waals surface area contributed by atoms with E-state index in [2.05, 4.69) is 0 Å². The van der Waals surface area contributed by atoms with Crippen LogP contribution in [0.2, 0.25) is 5.02 Å². The number of carbonyl (C=O) groups excluding carboxylic acids is 2. The van der Waals surface area contributed by atoms with E-state index in [1.165, 1.54) is 36.4 Å². The number of nitrogens with zero attached hydrogens (tertiary/aromatic N) is 3. The fourth-order valence-electron chi connectivity index (χ4n) is 2.85. The van der Waals surface area contributed by atoms with E-state index in [1.54, 1.807) is 9.80 Å². The summed E-state index contributed by atoms with van der Waals surface area (Å²) in [4.78, 5) is 38.4. The Morgan fingerprint density at radius 2 is 1.52 bits per heavy atom. The highest BCUT2D eigenvalue weighted by Gasteiger charge is 2.27. The van der Waals surface area contributed by atoms with Crippen molar-refractivity contribution >= 4 is 29.1 Å². The van der Waals surface area contributed by atoms with Crippen LogP contribution in [0.4, 0.5) is 10.1 Å².